The zero-order chi connectivity index (χ0) is 17.4. The number of aliphatic hydroxyl groups excluding tert-OH is 1. The fourth-order valence-electron chi connectivity index (χ4n) is 3.63. The van der Waals surface area contributed by atoms with Crippen LogP contribution in [-0.2, 0) is 0 Å². The summed E-state index contributed by atoms with van der Waals surface area (Å²) < 4.78 is 5.30. The van der Waals surface area contributed by atoms with E-state index in [2.05, 4.69) is 4.98 Å². The van der Waals surface area contributed by atoms with Crippen molar-refractivity contribution in [1.29, 1.82) is 0 Å². The number of fused-ring (bicyclic) bond motifs is 1. The molecule has 0 radical (unpaired) electrons. The van der Waals surface area contributed by atoms with Crippen LogP contribution in [0.3, 0.4) is 0 Å². The van der Waals surface area contributed by atoms with Crippen molar-refractivity contribution in [3.05, 3.63) is 65.9 Å². The third kappa shape index (κ3) is 2.76. The van der Waals surface area contributed by atoms with Crippen molar-refractivity contribution in [3.63, 3.8) is 0 Å². The number of rotatable bonds is 3. The molecule has 128 valence electrons. The quantitative estimate of drug-likeness (QED) is 0.772. The first-order valence-electron chi connectivity index (χ1n) is 8.36. The molecule has 1 saturated heterocycles. The molecule has 5 nitrogen and oxygen atoms in total. The summed E-state index contributed by atoms with van der Waals surface area (Å²) in [5.74, 6) is 0.689. The number of aliphatic hydroxyl groups is 1. The van der Waals surface area contributed by atoms with E-state index >= 15 is 0 Å². The van der Waals surface area contributed by atoms with Gasteiger partial charge < -0.3 is 19.7 Å². The Hall–Kier alpha value is -2.79. The highest BCUT2D eigenvalue weighted by molar-refractivity contribution is 6.06. The summed E-state index contributed by atoms with van der Waals surface area (Å²) in [6, 6.07) is 15.1. The number of carbonyl (C=O) groups excluding carboxylic acids is 1. The van der Waals surface area contributed by atoms with Gasteiger partial charge in [0.15, 0.2) is 0 Å². The lowest BCUT2D eigenvalue weighted by molar-refractivity contribution is 0.0717. The number of hydrogen-bond acceptors (Lipinski definition) is 3. The van der Waals surface area contributed by atoms with Crippen molar-refractivity contribution in [2.75, 3.05) is 13.7 Å². The number of carbonyl (C=O) groups is 1. The Morgan fingerprint density at radius 2 is 2.08 bits per heavy atom. The van der Waals surface area contributed by atoms with E-state index in [-0.39, 0.29) is 11.9 Å². The smallest absolute Gasteiger partial charge is 0.255 e. The average molecular weight is 336 g/mol. The Balaban J connectivity index is 1.72. The van der Waals surface area contributed by atoms with E-state index in [4.69, 9.17) is 4.74 Å². The maximum atomic E-state index is 13.2. The third-order valence-electron chi connectivity index (χ3n) is 4.84. The molecule has 4 rings (SSSR count). The van der Waals surface area contributed by atoms with Gasteiger partial charge >= 0.3 is 0 Å². The number of aromatic nitrogens is 1. The average Bonchev–Trinajstić information content (AvgIpc) is 3.27. The third-order valence-corrected chi connectivity index (χ3v) is 4.84. The van der Waals surface area contributed by atoms with Crippen LogP contribution in [0.2, 0.25) is 0 Å². The molecular weight excluding hydrogens is 316 g/mol. The Kier molecular flexibility index (Phi) is 3.93. The summed E-state index contributed by atoms with van der Waals surface area (Å²) in [5, 5.41) is 11.1. The minimum absolute atomic E-state index is 0.0606. The first-order valence-corrected chi connectivity index (χ1v) is 8.36. The van der Waals surface area contributed by atoms with Gasteiger partial charge in [-0.25, -0.2) is 0 Å². The van der Waals surface area contributed by atoms with Gasteiger partial charge in [0.25, 0.3) is 5.91 Å². The van der Waals surface area contributed by atoms with Gasteiger partial charge in [0, 0.05) is 29.2 Å². The number of nitrogens with one attached hydrogen (secondary N) is 1. The molecule has 5 heteroatoms. The van der Waals surface area contributed by atoms with E-state index in [9.17, 15) is 9.90 Å². The zero-order valence-electron chi connectivity index (χ0n) is 14.0. The van der Waals surface area contributed by atoms with E-state index in [1.54, 1.807) is 12.0 Å². The summed E-state index contributed by atoms with van der Waals surface area (Å²) in [5.41, 5.74) is 2.56. The number of β-amino-alcohol motifs (C(OH)–C–C–N with tert-alkyl or cyclic N) is 1. The van der Waals surface area contributed by atoms with Gasteiger partial charge in [-0.05, 0) is 42.3 Å². The van der Waals surface area contributed by atoms with Crippen molar-refractivity contribution >= 4 is 16.8 Å². The van der Waals surface area contributed by atoms with Crippen molar-refractivity contribution in [3.8, 4) is 5.75 Å². The topological polar surface area (TPSA) is 65.6 Å². The van der Waals surface area contributed by atoms with Crippen molar-refractivity contribution in [1.82, 2.24) is 9.88 Å². The number of amides is 1. The molecule has 2 atom stereocenters. The molecule has 1 amide bonds. The van der Waals surface area contributed by atoms with Crippen LogP contribution in [0.4, 0.5) is 0 Å². The van der Waals surface area contributed by atoms with E-state index in [1.807, 2.05) is 54.7 Å². The standard InChI is InChI=1S/C20H20N2O3/c1-25-15-5-2-4-13(10-15)19-11-14(23)12-22(19)20(24)17-6-3-7-18-16(17)8-9-21-18/h2-10,14,19,21,23H,11-12H2,1H3/t14-,19-/m0/s1. The van der Waals surface area contributed by atoms with Crippen LogP contribution in [0.5, 0.6) is 5.75 Å². The predicted octanol–water partition coefficient (Wildman–Crippen LogP) is 3.12. The normalized spacial score (nSPS) is 20.2. The second kappa shape index (κ2) is 6.26. The monoisotopic (exact) mass is 336 g/mol. The van der Waals surface area contributed by atoms with Gasteiger partial charge in [0.05, 0.1) is 19.3 Å². The SMILES string of the molecule is COc1cccc([C@@H]2C[C@H](O)CN2C(=O)c2cccc3[nH]ccc23)c1. The molecule has 2 heterocycles. The second-order valence-corrected chi connectivity index (χ2v) is 6.38. The molecule has 3 aromatic rings. The lowest BCUT2D eigenvalue weighted by atomic mass is 10.0. The molecule has 1 aliphatic heterocycles. The van der Waals surface area contributed by atoms with Crippen LogP contribution in [-0.4, -0.2) is 40.7 Å². The molecule has 1 aromatic heterocycles. The van der Waals surface area contributed by atoms with Crippen molar-refractivity contribution < 1.29 is 14.6 Å². The highest BCUT2D eigenvalue weighted by Crippen LogP contribution is 2.35. The number of methoxy groups -OCH3 is 1. The number of benzene rings is 2. The van der Waals surface area contributed by atoms with Crippen LogP contribution in [0, 0.1) is 0 Å². The second-order valence-electron chi connectivity index (χ2n) is 6.38. The Labute approximate surface area is 145 Å². The Morgan fingerprint density at radius 1 is 1.24 bits per heavy atom. The zero-order valence-corrected chi connectivity index (χ0v) is 14.0. The molecule has 0 spiro atoms. The van der Waals surface area contributed by atoms with Crippen LogP contribution in [0.1, 0.15) is 28.4 Å². The van der Waals surface area contributed by atoms with Crippen LogP contribution < -0.4 is 4.74 Å². The van der Waals surface area contributed by atoms with E-state index in [0.29, 0.717) is 18.5 Å². The van der Waals surface area contributed by atoms with Crippen LogP contribution in [0.25, 0.3) is 10.9 Å². The summed E-state index contributed by atoms with van der Waals surface area (Å²) in [4.78, 5) is 18.1. The van der Waals surface area contributed by atoms with Gasteiger partial charge in [-0.15, -0.1) is 0 Å². The van der Waals surface area contributed by atoms with E-state index in [0.717, 1.165) is 22.2 Å². The molecule has 0 saturated carbocycles. The molecule has 2 N–H and O–H groups in total. The Bertz CT molecular complexity index is 918. The highest BCUT2D eigenvalue weighted by Gasteiger charge is 2.36. The maximum Gasteiger partial charge on any atom is 0.255 e. The van der Waals surface area contributed by atoms with Crippen LogP contribution in [0.15, 0.2) is 54.7 Å². The van der Waals surface area contributed by atoms with E-state index in [1.165, 1.54) is 0 Å². The largest absolute Gasteiger partial charge is 0.497 e. The van der Waals surface area contributed by atoms with Gasteiger partial charge in [-0.2, -0.15) is 0 Å². The van der Waals surface area contributed by atoms with E-state index < -0.39 is 6.10 Å². The number of nitrogens with zero attached hydrogens (tertiary/aromatic N) is 1. The van der Waals surface area contributed by atoms with Gasteiger partial charge in [0.2, 0.25) is 0 Å². The van der Waals surface area contributed by atoms with Gasteiger partial charge in [-0.1, -0.05) is 18.2 Å². The number of hydrogen-bond donors (Lipinski definition) is 2. The summed E-state index contributed by atoms with van der Waals surface area (Å²) in [6.45, 7) is 0.335. The van der Waals surface area contributed by atoms with Gasteiger partial charge in [-0.3, -0.25) is 4.79 Å². The predicted molar refractivity (Wildman–Crippen MR) is 95.7 cm³/mol. The number of likely N-dealkylation sites (tertiary alicyclic amines) is 1. The Morgan fingerprint density at radius 3 is 2.92 bits per heavy atom. The molecule has 0 aliphatic carbocycles. The molecule has 25 heavy (non-hydrogen) atoms. The van der Waals surface area contributed by atoms with Crippen LogP contribution >= 0.6 is 0 Å². The minimum Gasteiger partial charge on any atom is -0.497 e. The summed E-state index contributed by atoms with van der Waals surface area (Å²) >= 11 is 0. The lowest BCUT2D eigenvalue weighted by Gasteiger charge is -2.25. The van der Waals surface area contributed by atoms with Crippen molar-refractivity contribution in [2.45, 2.75) is 18.6 Å². The molecule has 1 fully saturated rings. The molecule has 2 aromatic carbocycles. The highest BCUT2D eigenvalue weighted by atomic mass is 16.5. The minimum atomic E-state index is -0.523. The maximum absolute atomic E-state index is 13.2. The number of H-pyrrole nitrogens is 1. The van der Waals surface area contributed by atoms with Crippen molar-refractivity contribution in [2.24, 2.45) is 0 Å². The molecule has 1 aliphatic rings. The lowest BCUT2D eigenvalue weighted by Crippen LogP contribution is -2.31. The molecule has 0 bridgehead atoms. The number of ether oxygens (including phenoxy) is 1. The fourth-order valence-corrected chi connectivity index (χ4v) is 3.63. The summed E-state index contributed by atoms with van der Waals surface area (Å²) in [7, 11) is 1.62. The molecular formula is C20H20N2O3. The number of aromatic amines is 1. The first kappa shape index (κ1) is 15.7. The summed E-state index contributed by atoms with van der Waals surface area (Å²) in [6.07, 6.45) is 1.84. The molecule has 0 unspecified atom stereocenters. The fraction of sp³-hybridized carbons (Fsp3) is 0.250. The van der Waals surface area contributed by atoms with Gasteiger partial charge in [0.1, 0.15) is 5.75 Å². The first-order chi connectivity index (χ1) is 12.2.